The summed E-state index contributed by atoms with van der Waals surface area (Å²) in [6.45, 7) is 3.91. The summed E-state index contributed by atoms with van der Waals surface area (Å²) in [5.74, 6) is 1.92. The van der Waals surface area contributed by atoms with Crippen LogP contribution in [0.15, 0.2) is 33.9 Å². The number of thioether (sulfide) groups is 1. The Hall–Kier alpha value is -1.42. The zero-order chi connectivity index (χ0) is 13.0. The predicted molar refractivity (Wildman–Crippen MR) is 75.9 cm³/mol. The molecule has 1 aromatic heterocycles. The van der Waals surface area contributed by atoms with Crippen molar-refractivity contribution in [2.24, 2.45) is 0 Å². The Balaban J connectivity index is 1.76. The first-order valence-electron chi connectivity index (χ1n) is 6.06. The minimum atomic E-state index is 0.776. The second-order valence-electron chi connectivity index (χ2n) is 4.32. The minimum Gasteiger partial charge on any atom is -0.437 e. The van der Waals surface area contributed by atoms with Gasteiger partial charge in [0.15, 0.2) is 0 Å². The molecule has 2 aromatic rings. The van der Waals surface area contributed by atoms with Crippen LogP contribution in [0.4, 0.5) is 5.69 Å². The summed E-state index contributed by atoms with van der Waals surface area (Å²) < 4.78 is 5.52. The fraction of sp³-hybridized carbons (Fsp3) is 0.357. The number of aromatic nitrogens is 1. The number of anilines is 1. The molecule has 1 aromatic carbocycles. The Morgan fingerprint density at radius 2 is 2.17 bits per heavy atom. The molecule has 0 aliphatic carbocycles. The Labute approximate surface area is 112 Å². The van der Waals surface area contributed by atoms with Crippen molar-refractivity contribution in [3.8, 4) is 0 Å². The highest BCUT2D eigenvalue weighted by atomic mass is 32.2. The topological polar surface area (TPSA) is 52.0 Å². The van der Waals surface area contributed by atoms with Gasteiger partial charge in [0.05, 0.1) is 5.69 Å². The van der Waals surface area contributed by atoms with Gasteiger partial charge in [-0.3, -0.25) is 0 Å². The first-order chi connectivity index (χ1) is 8.65. The van der Waals surface area contributed by atoms with E-state index in [1.54, 1.807) is 11.8 Å². The van der Waals surface area contributed by atoms with Crippen LogP contribution < -0.4 is 5.73 Å². The van der Waals surface area contributed by atoms with Crippen molar-refractivity contribution in [1.29, 1.82) is 0 Å². The number of oxazole rings is 1. The molecule has 3 nitrogen and oxygen atoms in total. The predicted octanol–water partition coefficient (Wildman–Crippen LogP) is 3.60. The van der Waals surface area contributed by atoms with Crippen LogP contribution in [0.3, 0.4) is 0 Å². The molecule has 2 rings (SSSR count). The van der Waals surface area contributed by atoms with Gasteiger partial charge in [-0.2, -0.15) is 0 Å². The number of rotatable bonds is 5. The number of nitrogen functional groups attached to an aromatic ring is 1. The maximum Gasteiger partial charge on any atom is 0.256 e. The third kappa shape index (κ3) is 3.53. The van der Waals surface area contributed by atoms with Crippen LogP contribution in [-0.4, -0.2) is 10.7 Å². The van der Waals surface area contributed by atoms with Crippen LogP contribution >= 0.6 is 11.8 Å². The summed E-state index contributed by atoms with van der Waals surface area (Å²) in [4.78, 5) is 4.35. The maximum atomic E-state index is 5.74. The van der Waals surface area contributed by atoms with Crippen LogP contribution in [-0.2, 0) is 6.42 Å². The van der Waals surface area contributed by atoms with Gasteiger partial charge in [0, 0.05) is 11.4 Å². The van der Waals surface area contributed by atoms with Gasteiger partial charge in [-0.25, -0.2) is 4.98 Å². The summed E-state index contributed by atoms with van der Waals surface area (Å²) in [5, 5.41) is 0.776. The molecule has 2 N–H and O–H groups in total. The van der Waals surface area contributed by atoms with Crippen molar-refractivity contribution in [3.05, 3.63) is 41.3 Å². The van der Waals surface area contributed by atoms with Crippen LogP contribution in [0.1, 0.15) is 23.4 Å². The lowest BCUT2D eigenvalue weighted by atomic mass is 10.1. The largest absolute Gasteiger partial charge is 0.437 e. The molecule has 0 bridgehead atoms. The summed E-state index contributed by atoms with van der Waals surface area (Å²) in [6.07, 6.45) is 2.13. The minimum absolute atomic E-state index is 0.776. The van der Waals surface area contributed by atoms with E-state index in [4.69, 9.17) is 10.2 Å². The zero-order valence-corrected chi connectivity index (χ0v) is 11.6. The van der Waals surface area contributed by atoms with Crippen LogP contribution in [0, 0.1) is 13.8 Å². The number of nitrogens with zero attached hydrogens (tertiary/aromatic N) is 1. The molecule has 0 atom stereocenters. The van der Waals surface area contributed by atoms with Crippen molar-refractivity contribution in [2.75, 3.05) is 11.5 Å². The van der Waals surface area contributed by atoms with Gasteiger partial charge < -0.3 is 10.2 Å². The lowest BCUT2D eigenvalue weighted by molar-refractivity contribution is 0.431. The van der Waals surface area contributed by atoms with Crippen LogP contribution in [0.5, 0.6) is 0 Å². The van der Waals surface area contributed by atoms with E-state index in [1.165, 1.54) is 5.56 Å². The highest BCUT2D eigenvalue weighted by Crippen LogP contribution is 2.21. The Bertz CT molecular complexity index is 503. The van der Waals surface area contributed by atoms with E-state index in [0.29, 0.717) is 0 Å². The first kappa shape index (κ1) is 13.0. The third-order valence-corrected chi connectivity index (χ3v) is 3.71. The molecule has 0 amide bonds. The summed E-state index contributed by atoms with van der Waals surface area (Å²) >= 11 is 1.67. The van der Waals surface area contributed by atoms with E-state index >= 15 is 0 Å². The van der Waals surface area contributed by atoms with Crippen molar-refractivity contribution >= 4 is 17.4 Å². The molecule has 4 heteroatoms. The maximum absolute atomic E-state index is 5.74. The smallest absolute Gasteiger partial charge is 0.256 e. The number of hydrogen-bond donors (Lipinski definition) is 1. The molecule has 0 radical (unpaired) electrons. The Morgan fingerprint density at radius 1 is 1.33 bits per heavy atom. The van der Waals surface area contributed by atoms with E-state index in [-0.39, 0.29) is 0 Å². The molecule has 96 valence electrons. The average Bonchev–Trinajstić information content (AvgIpc) is 2.65. The second kappa shape index (κ2) is 5.96. The first-order valence-corrected chi connectivity index (χ1v) is 7.05. The van der Waals surface area contributed by atoms with E-state index in [9.17, 15) is 0 Å². The molecule has 18 heavy (non-hydrogen) atoms. The van der Waals surface area contributed by atoms with Gasteiger partial charge in [-0.15, -0.1) is 0 Å². The lowest BCUT2D eigenvalue weighted by Crippen LogP contribution is -1.90. The molecule has 0 fully saturated rings. The lowest BCUT2D eigenvalue weighted by Gasteiger charge is -2.01. The van der Waals surface area contributed by atoms with E-state index < -0.39 is 0 Å². The Kier molecular flexibility index (Phi) is 4.31. The second-order valence-corrected chi connectivity index (χ2v) is 5.36. The summed E-state index contributed by atoms with van der Waals surface area (Å²) in [6, 6.07) is 8.06. The van der Waals surface area contributed by atoms with Crippen LogP contribution in [0.2, 0.25) is 0 Å². The van der Waals surface area contributed by atoms with Crippen molar-refractivity contribution in [1.82, 2.24) is 4.98 Å². The molecule has 0 aliphatic rings. The normalized spacial score (nSPS) is 10.8. The fourth-order valence-corrected chi connectivity index (χ4v) is 2.54. The number of nitrogens with two attached hydrogens (primary N) is 1. The molecule has 0 unspecified atom stereocenters. The van der Waals surface area contributed by atoms with Crippen molar-refractivity contribution in [2.45, 2.75) is 31.9 Å². The average molecular weight is 262 g/mol. The molecule has 0 aliphatic heterocycles. The quantitative estimate of drug-likeness (QED) is 0.508. The monoisotopic (exact) mass is 262 g/mol. The van der Waals surface area contributed by atoms with Gasteiger partial charge in [-0.1, -0.05) is 23.9 Å². The molecule has 0 saturated heterocycles. The molecular weight excluding hydrogens is 244 g/mol. The van der Waals surface area contributed by atoms with Gasteiger partial charge in [0.2, 0.25) is 0 Å². The van der Waals surface area contributed by atoms with E-state index in [0.717, 1.165) is 41.0 Å². The van der Waals surface area contributed by atoms with Crippen LogP contribution in [0.25, 0.3) is 0 Å². The third-order valence-electron chi connectivity index (χ3n) is 2.80. The number of hydrogen-bond acceptors (Lipinski definition) is 4. The molecule has 0 spiro atoms. The fourth-order valence-electron chi connectivity index (χ4n) is 1.69. The van der Waals surface area contributed by atoms with Gasteiger partial charge >= 0.3 is 0 Å². The summed E-state index contributed by atoms with van der Waals surface area (Å²) in [7, 11) is 0. The number of benzene rings is 1. The molecule has 1 heterocycles. The van der Waals surface area contributed by atoms with Crippen molar-refractivity contribution in [3.63, 3.8) is 0 Å². The highest BCUT2D eigenvalue weighted by Gasteiger charge is 2.05. The van der Waals surface area contributed by atoms with E-state index in [2.05, 4.69) is 11.1 Å². The summed E-state index contributed by atoms with van der Waals surface area (Å²) in [5.41, 5.74) is 8.84. The number of aryl methyl sites for hydroxylation is 3. The molecule has 0 saturated carbocycles. The van der Waals surface area contributed by atoms with Crippen molar-refractivity contribution < 1.29 is 4.42 Å². The van der Waals surface area contributed by atoms with Gasteiger partial charge in [-0.05, 0) is 44.4 Å². The zero-order valence-electron chi connectivity index (χ0n) is 10.8. The standard InChI is InChI=1S/C14H18N2OS/c1-10-11(2)17-14(16-10)18-8-4-6-12-5-3-7-13(15)9-12/h3,5,7,9H,4,6,8,15H2,1-2H3. The van der Waals surface area contributed by atoms with Gasteiger partial charge in [0.1, 0.15) is 5.76 Å². The van der Waals surface area contributed by atoms with Gasteiger partial charge in [0.25, 0.3) is 5.22 Å². The highest BCUT2D eigenvalue weighted by molar-refractivity contribution is 7.99. The SMILES string of the molecule is Cc1nc(SCCCc2cccc(N)c2)oc1C. The molecular formula is C14H18N2OS. The van der Waals surface area contributed by atoms with E-state index in [1.807, 2.05) is 32.0 Å². The Morgan fingerprint density at radius 3 is 2.83 bits per heavy atom.